The van der Waals surface area contributed by atoms with Crippen molar-refractivity contribution in [2.45, 2.75) is 19.4 Å². The number of rotatable bonds is 8. The summed E-state index contributed by atoms with van der Waals surface area (Å²) in [4.78, 5) is 33.9. The monoisotopic (exact) mass is 449 g/mol. The fourth-order valence-corrected chi connectivity index (χ4v) is 3.87. The van der Waals surface area contributed by atoms with Crippen molar-refractivity contribution in [3.05, 3.63) is 95.3 Å². The second kappa shape index (κ2) is 9.97. The summed E-state index contributed by atoms with van der Waals surface area (Å²) in [6.45, 7) is 0.524. The number of carbonyl (C=O) groups is 2. The molecule has 4 rings (SSSR count). The van der Waals surface area contributed by atoms with Crippen LogP contribution < -0.4 is 10.6 Å². The zero-order valence-electron chi connectivity index (χ0n) is 17.0. The molecule has 0 atom stereocenters. The molecule has 0 saturated heterocycles. The summed E-state index contributed by atoms with van der Waals surface area (Å²) in [7, 11) is 0. The Hall–Kier alpha value is -3.85. The lowest BCUT2D eigenvalue weighted by Gasteiger charge is -2.08. The maximum absolute atomic E-state index is 13.0. The van der Waals surface area contributed by atoms with Crippen LogP contribution in [0.4, 0.5) is 15.2 Å². The van der Waals surface area contributed by atoms with E-state index in [0.717, 1.165) is 10.4 Å². The zero-order valence-corrected chi connectivity index (χ0v) is 17.8. The van der Waals surface area contributed by atoms with Crippen LogP contribution in [0.1, 0.15) is 27.2 Å². The standard InChI is InChI=1S/C23H20FN5O2S/c24-18-6-4-16(5-7-18)12-20-14-26-23(32-20)28-22(31)17-2-1-3-19(13-17)27-21(30)8-10-29-11-9-25-15-29/h1-7,9,11,13-15H,8,10,12H2,(H,27,30)(H,26,28,31). The average Bonchev–Trinajstić information content (AvgIpc) is 3.46. The van der Waals surface area contributed by atoms with Crippen molar-refractivity contribution in [3.63, 3.8) is 0 Å². The lowest BCUT2D eigenvalue weighted by Crippen LogP contribution is -2.15. The number of thiazole rings is 1. The van der Waals surface area contributed by atoms with Crippen molar-refractivity contribution >= 4 is 34.0 Å². The first-order valence-electron chi connectivity index (χ1n) is 9.91. The molecule has 0 fully saturated rings. The van der Waals surface area contributed by atoms with Crippen LogP contribution in [-0.4, -0.2) is 26.3 Å². The van der Waals surface area contributed by atoms with Gasteiger partial charge in [-0.1, -0.05) is 18.2 Å². The normalized spacial score (nSPS) is 10.7. The van der Waals surface area contributed by atoms with Crippen molar-refractivity contribution in [3.8, 4) is 0 Å². The van der Waals surface area contributed by atoms with Crippen LogP contribution in [0.5, 0.6) is 0 Å². The second-order valence-electron chi connectivity index (χ2n) is 7.07. The van der Waals surface area contributed by atoms with Crippen LogP contribution >= 0.6 is 11.3 Å². The van der Waals surface area contributed by atoms with Gasteiger partial charge in [0.1, 0.15) is 5.82 Å². The SMILES string of the molecule is O=C(CCn1ccnc1)Nc1cccc(C(=O)Nc2ncc(Cc3ccc(F)cc3)s2)c1. The molecular formula is C23H20FN5O2S. The molecule has 2 aromatic carbocycles. The van der Waals surface area contributed by atoms with Gasteiger partial charge >= 0.3 is 0 Å². The Kier molecular flexibility index (Phi) is 6.66. The van der Waals surface area contributed by atoms with Crippen molar-refractivity contribution < 1.29 is 14.0 Å². The fourth-order valence-electron chi connectivity index (χ4n) is 3.03. The van der Waals surface area contributed by atoms with Gasteiger partial charge in [-0.15, -0.1) is 11.3 Å². The number of imidazole rings is 1. The van der Waals surface area contributed by atoms with Crippen molar-refractivity contribution in [2.75, 3.05) is 10.6 Å². The summed E-state index contributed by atoms with van der Waals surface area (Å²) in [5.74, 6) is -0.744. The Bertz CT molecular complexity index is 1210. The maximum atomic E-state index is 13.0. The number of aromatic nitrogens is 3. The Morgan fingerprint density at radius 1 is 1.09 bits per heavy atom. The summed E-state index contributed by atoms with van der Waals surface area (Å²) in [6.07, 6.45) is 7.70. The highest BCUT2D eigenvalue weighted by Crippen LogP contribution is 2.22. The van der Waals surface area contributed by atoms with E-state index in [2.05, 4.69) is 20.6 Å². The van der Waals surface area contributed by atoms with E-state index in [-0.39, 0.29) is 17.6 Å². The molecule has 0 aliphatic rings. The fraction of sp³-hybridized carbons (Fsp3) is 0.130. The van der Waals surface area contributed by atoms with Crippen molar-refractivity contribution in [1.82, 2.24) is 14.5 Å². The minimum atomic E-state index is -0.317. The van der Waals surface area contributed by atoms with E-state index in [9.17, 15) is 14.0 Å². The number of halogens is 1. The lowest BCUT2D eigenvalue weighted by molar-refractivity contribution is -0.116. The number of hydrogen-bond acceptors (Lipinski definition) is 5. The van der Waals surface area contributed by atoms with Gasteiger partial charge in [-0.2, -0.15) is 0 Å². The Balaban J connectivity index is 1.33. The molecule has 0 unspecified atom stereocenters. The number of nitrogens with one attached hydrogen (secondary N) is 2. The molecule has 32 heavy (non-hydrogen) atoms. The van der Waals surface area contributed by atoms with E-state index in [1.54, 1.807) is 61.3 Å². The molecule has 2 aromatic heterocycles. The molecule has 0 saturated carbocycles. The van der Waals surface area contributed by atoms with Crippen LogP contribution in [0.15, 0.2) is 73.4 Å². The molecule has 0 spiro atoms. The van der Waals surface area contributed by atoms with E-state index in [4.69, 9.17) is 0 Å². The van der Waals surface area contributed by atoms with Gasteiger partial charge in [-0.05, 0) is 35.9 Å². The van der Waals surface area contributed by atoms with Gasteiger partial charge in [0.05, 0.1) is 6.33 Å². The minimum absolute atomic E-state index is 0.151. The number of benzene rings is 2. The van der Waals surface area contributed by atoms with Gasteiger partial charge in [-0.3, -0.25) is 14.9 Å². The van der Waals surface area contributed by atoms with Gasteiger partial charge in [0.2, 0.25) is 5.91 Å². The number of anilines is 2. The van der Waals surface area contributed by atoms with Gasteiger partial charge in [-0.25, -0.2) is 14.4 Å². The topological polar surface area (TPSA) is 88.9 Å². The van der Waals surface area contributed by atoms with Crippen molar-refractivity contribution in [2.24, 2.45) is 0 Å². The first-order chi connectivity index (χ1) is 15.5. The smallest absolute Gasteiger partial charge is 0.257 e. The molecule has 0 radical (unpaired) electrons. The van der Waals surface area contributed by atoms with Gasteiger partial charge in [0.25, 0.3) is 5.91 Å². The summed E-state index contributed by atoms with van der Waals surface area (Å²) < 4.78 is 14.9. The summed E-state index contributed by atoms with van der Waals surface area (Å²) in [5, 5.41) is 6.06. The van der Waals surface area contributed by atoms with Crippen molar-refractivity contribution in [1.29, 1.82) is 0 Å². The molecule has 0 aliphatic heterocycles. The summed E-state index contributed by atoms with van der Waals surface area (Å²) in [5.41, 5.74) is 1.92. The van der Waals surface area contributed by atoms with Crippen LogP contribution in [-0.2, 0) is 17.8 Å². The predicted molar refractivity (Wildman–Crippen MR) is 121 cm³/mol. The number of aryl methyl sites for hydroxylation is 1. The molecule has 2 heterocycles. The first kappa shape index (κ1) is 21.4. The molecule has 0 bridgehead atoms. The van der Waals surface area contributed by atoms with E-state index in [1.807, 2.05) is 4.57 Å². The number of hydrogen-bond donors (Lipinski definition) is 2. The number of amides is 2. The molecule has 4 aromatic rings. The third kappa shape index (κ3) is 5.86. The van der Waals surface area contributed by atoms with Crippen LogP contribution in [0.2, 0.25) is 0 Å². The largest absolute Gasteiger partial charge is 0.337 e. The number of carbonyl (C=O) groups excluding carboxylic acids is 2. The molecule has 2 N–H and O–H groups in total. The Morgan fingerprint density at radius 2 is 1.94 bits per heavy atom. The average molecular weight is 450 g/mol. The van der Waals surface area contributed by atoms with Crippen LogP contribution in [0, 0.1) is 5.82 Å². The molecule has 2 amide bonds. The van der Waals surface area contributed by atoms with Crippen LogP contribution in [0.25, 0.3) is 0 Å². The third-order valence-corrected chi connectivity index (χ3v) is 5.54. The molecule has 162 valence electrons. The van der Waals surface area contributed by atoms with Crippen LogP contribution in [0.3, 0.4) is 0 Å². The van der Waals surface area contributed by atoms with E-state index >= 15 is 0 Å². The third-order valence-electron chi connectivity index (χ3n) is 4.63. The van der Waals surface area contributed by atoms with Gasteiger partial charge in [0, 0.05) is 54.1 Å². The molecular weight excluding hydrogens is 429 g/mol. The maximum Gasteiger partial charge on any atom is 0.257 e. The minimum Gasteiger partial charge on any atom is -0.337 e. The van der Waals surface area contributed by atoms with E-state index < -0.39 is 0 Å². The Morgan fingerprint density at radius 3 is 2.72 bits per heavy atom. The summed E-state index contributed by atoms with van der Waals surface area (Å²) >= 11 is 1.36. The predicted octanol–water partition coefficient (Wildman–Crippen LogP) is 4.35. The highest BCUT2D eigenvalue weighted by atomic mass is 32.1. The quantitative estimate of drug-likeness (QED) is 0.419. The van der Waals surface area contributed by atoms with Gasteiger partial charge in [0.15, 0.2) is 5.13 Å². The lowest BCUT2D eigenvalue weighted by atomic mass is 10.1. The molecule has 9 heteroatoms. The van der Waals surface area contributed by atoms with Gasteiger partial charge < -0.3 is 9.88 Å². The zero-order chi connectivity index (χ0) is 22.3. The highest BCUT2D eigenvalue weighted by Gasteiger charge is 2.11. The Labute approximate surface area is 188 Å². The highest BCUT2D eigenvalue weighted by molar-refractivity contribution is 7.15. The molecule has 7 nitrogen and oxygen atoms in total. The van der Waals surface area contributed by atoms with E-state index in [0.29, 0.717) is 35.8 Å². The second-order valence-corrected chi connectivity index (χ2v) is 8.18. The first-order valence-corrected chi connectivity index (χ1v) is 10.7. The number of nitrogens with zero attached hydrogens (tertiary/aromatic N) is 3. The summed E-state index contributed by atoms with van der Waals surface area (Å²) in [6, 6.07) is 13.0. The van der Waals surface area contributed by atoms with E-state index in [1.165, 1.54) is 23.5 Å². The molecule has 0 aliphatic carbocycles.